The summed E-state index contributed by atoms with van der Waals surface area (Å²) in [6.45, 7) is 4.34. The molecule has 0 amide bonds. The highest BCUT2D eigenvalue weighted by atomic mass is 32.2. The van der Waals surface area contributed by atoms with Gasteiger partial charge in [-0.05, 0) is 68.4 Å². The molecule has 21 heavy (non-hydrogen) atoms. The molecule has 2 N–H and O–H groups in total. The van der Waals surface area contributed by atoms with Crippen molar-refractivity contribution in [3.05, 3.63) is 0 Å². The molecule has 3 atom stereocenters. The smallest absolute Gasteiger partial charge is 0.279 e. The van der Waals surface area contributed by atoms with Crippen molar-refractivity contribution in [1.82, 2.24) is 14.3 Å². The second kappa shape index (κ2) is 5.18. The van der Waals surface area contributed by atoms with Gasteiger partial charge < -0.3 is 5.32 Å². The molecule has 0 radical (unpaired) electrons. The summed E-state index contributed by atoms with van der Waals surface area (Å²) in [7, 11) is -3.24. The molecule has 2 saturated heterocycles. The zero-order valence-electron chi connectivity index (χ0n) is 12.7. The second-order valence-electron chi connectivity index (χ2n) is 7.63. The number of hydrogen-bond donors (Lipinski definition) is 2. The van der Waals surface area contributed by atoms with Crippen molar-refractivity contribution in [2.45, 2.75) is 38.5 Å². The molecule has 4 fully saturated rings. The first-order valence-electron chi connectivity index (χ1n) is 8.55. The van der Waals surface area contributed by atoms with Gasteiger partial charge in [0.15, 0.2) is 0 Å². The topological polar surface area (TPSA) is 61.4 Å². The Balaban J connectivity index is 1.31. The third-order valence-electron chi connectivity index (χ3n) is 6.50. The zero-order valence-corrected chi connectivity index (χ0v) is 13.5. The number of rotatable bonds is 4. The zero-order chi connectivity index (χ0) is 14.5. The van der Waals surface area contributed by atoms with Gasteiger partial charge in [-0.1, -0.05) is 6.42 Å². The lowest BCUT2D eigenvalue weighted by atomic mass is 9.92. The minimum atomic E-state index is -3.24. The first-order chi connectivity index (χ1) is 10.1. The van der Waals surface area contributed by atoms with E-state index in [0.29, 0.717) is 29.7 Å². The van der Waals surface area contributed by atoms with Crippen molar-refractivity contribution in [2.24, 2.45) is 23.2 Å². The maximum Gasteiger partial charge on any atom is 0.279 e. The Morgan fingerprint density at radius 3 is 2.48 bits per heavy atom. The minimum absolute atomic E-state index is 0.454. The highest BCUT2D eigenvalue weighted by Gasteiger charge is 2.53. The van der Waals surface area contributed by atoms with Crippen LogP contribution < -0.4 is 10.0 Å². The molecular weight excluding hydrogens is 286 g/mol. The summed E-state index contributed by atoms with van der Waals surface area (Å²) in [6, 6.07) is 0. The van der Waals surface area contributed by atoms with Gasteiger partial charge in [0, 0.05) is 19.6 Å². The quantitative estimate of drug-likeness (QED) is 0.812. The normalized spacial score (nSPS) is 38.8. The fourth-order valence-electron chi connectivity index (χ4n) is 4.94. The molecule has 2 heterocycles. The Labute approximate surface area is 128 Å². The average Bonchev–Trinajstić information content (AvgIpc) is 2.81. The highest BCUT2D eigenvalue weighted by Crippen LogP contribution is 2.58. The maximum atomic E-state index is 12.5. The van der Waals surface area contributed by atoms with Gasteiger partial charge in [0.1, 0.15) is 0 Å². The molecule has 0 aromatic heterocycles. The van der Waals surface area contributed by atoms with Gasteiger partial charge in [0.25, 0.3) is 10.2 Å². The molecule has 120 valence electrons. The lowest BCUT2D eigenvalue weighted by Gasteiger charge is -2.24. The SMILES string of the molecule is O=S(=O)(NCC1CC12CCNCC2)N1C[C@H]2CCC[C@H]2C1. The molecule has 2 saturated carbocycles. The van der Waals surface area contributed by atoms with E-state index in [4.69, 9.17) is 0 Å². The van der Waals surface area contributed by atoms with Gasteiger partial charge >= 0.3 is 0 Å². The van der Waals surface area contributed by atoms with E-state index in [2.05, 4.69) is 10.0 Å². The Hall–Kier alpha value is -0.170. The standard InChI is InChI=1S/C15H27N3O2S/c19-21(20,18-10-12-2-1-3-13(12)11-18)17-9-14-8-15(14)4-6-16-7-5-15/h12-14,16-17H,1-11H2/t12-,13+,14?. The largest absolute Gasteiger partial charge is 0.317 e. The van der Waals surface area contributed by atoms with Crippen LogP contribution in [0.2, 0.25) is 0 Å². The predicted octanol–water partition coefficient (Wildman–Crippen LogP) is 0.942. The van der Waals surface area contributed by atoms with Crippen LogP contribution in [0.5, 0.6) is 0 Å². The highest BCUT2D eigenvalue weighted by molar-refractivity contribution is 7.87. The third-order valence-corrected chi connectivity index (χ3v) is 8.01. The molecule has 4 aliphatic rings. The van der Waals surface area contributed by atoms with Crippen molar-refractivity contribution in [1.29, 1.82) is 0 Å². The number of piperidine rings is 1. The Morgan fingerprint density at radius 1 is 1.14 bits per heavy atom. The second-order valence-corrected chi connectivity index (χ2v) is 9.39. The first kappa shape index (κ1) is 14.4. The first-order valence-corrected chi connectivity index (χ1v) is 9.99. The summed E-state index contributed by atoms with van der Waals surface area (Å²) < 4.78 is 29.5. The molecule has 0 aromatic carbocycles. The van der Waals surface area contributed by atoms with Crippen molar-refractivity contribution in [3.8, 4) is 0 Å². The Bertz CT molecular complexity index is 489. The van der Waals surface area contributed by atoms with E-state index in [9.17, 15) is 8.42 Å². The molecule has 2 aliphatic heterocycles. The lowest BCUT2D eigenvalue weighted by Crippen LogP contribution is -2.41. The molecule has 0 bridgehead atoms. The molecule has 5 nitrogen and oxygen atoms in total. The van der Waals surface area contributed by atoms with Gasteiger partial charge in [-0.2, -0.15) is 12.7 Å². The van der Waals surface area contributed by atoms with Gasteiger partial charge in [-0.3, -0.25) is 0 Å². The van der Waals surface area contributed by atoms with Crippen LogP contribution in [0.4, 0.5) is 0 Å². The monoisotopic (exact) mass is 313 g/mol. The molecule has 1 spiro atoms. The molecule has 1 unspecified atom stereocenters. The average molecular weight is 313 g/mol. The molecular formula is C15H27N3O2S. The van der Waals surface area contributed by atoms with Gasteiger partial charge in [0.05, 0.1) is 0 Å². The van der Waals surface area contributed by atoms with E-state index in [1.54, 1.807) is 4.31 Å². The summed E-state index contributed by atoms with van der Waals surface area (Å²) in [5, 5.41) is 3.39. The maximum absolute atomic E-state index is 12.5. The fourth-order valence-corrected chi connectivity index (χ4v) is 6.31. The predicted molar refractivity (Wildman–Crippen MR) is 82.0 cm³/mol. The van der Waals surface area contributed by atoms with Crippen LogP contribution in [0.3, 0.4) is 0 Å². The Morgan fingerprint density at radius 2 is 1.81 bits per heavy atom. The van der Waals surface area contributed by atoms with Crippen molar-refractivity contribution < 1.29 is 8.42 Å². The van der Waals surface area contributed by atoms with E-state index in [0.717, 1.165) is 26.2 Å². The van der Waals surface area contributed by atoms with Crippen LogP contribution in [0.1, 0.15) is 38.5 Å². The van der Waals surface area contributed by atoms with Crippen LogP contribution in [-0.2, 0) is 10.2 Å². The van der Waals surface area contributed by atoms with Crippen LogP contribution in [0.15, 0.2) is 0 Å². The summed E-state index contributed by atoms with van der Waals surface area (Å²) >= 11 is 0. The van der Waals surface area contributed by atoms with Gasteiger partial charge in [-0.25, -0.2) is 4.72 Å². The van der Waals surface area contributed by atoms with Gasteiger partial charge in [0.2, 0.25) is 0 Å². The van der Waals surface area contributed by atoms with E-state index >= 15 is 0 Å². The van der Waals surface area contributed by atoms with Crippen molar-refractivity contribution >= 4 is 10.2 Å². The third kappa shape index (κ3) is 2.64. The molecule has 0 aromatic rings. The van der Waals surface area contributed by atoms with E-state index in [-0.39, 0.29) is 0 Å². The van der Waals surface area contributed by atoms with Crippen molar-refractivity contribution in [2.75, 3.05) is 32.7 Å². The minimum Gasteiger partial charge on any atom is -0.317 e. The van der Waals surface area contributed by atoms with Crippen molar-refractivity contribution in [3.63, 3.8) is 0 Å². The molecule has 6 heteroatoms. The van der Waals surface area contributed by atoms with E-state index < -0.39 is 10.2 Å². The summed E-state index contributed by atoms with van der Waals surface area (Å²) in [5.74, 6) is 1.81. The Kier molecular flexibility index (Phi) is 3.56. The van der Waals surface area contributed by atoms with E-state index in [1.165, 1.54) is 38.5 Å². The van der Waals surface area contributed by atoms with E-state index in [1.807, 2.05) is 0 Å². The summed E-state index contributed by atoms with van der Waals surface area (Å²) in [4.78, 5) is 0. The number of hydrogen-bond acceptors (Lipinski definition) is 3. The summed E-state index contributed by atoms with van der Waals surface area (Å²) in [5.41, 5.74) is 0.454. The lowest BCUT2D eigenvalue weighted by molar-refractivity contribution is 0.322. The van der Waals surface area contributed by atoms with Crippen LogP contribution >= 0.6 is 0 Å². The number of fused-ring (bicyclic) bond motifs is 1. The molecule has 4 rings (SSSR count). The molecule has 2 aliphatic carbocycles. The fraction of sp³-hybridized carbons (Fsp3) is 1.00. The number of nitrogens with one attached hydrogen (secondary N) is 2. The number of nitrogens with zero attached hydrogens (tertiary/aromatic N) is 1. The van der Waals surface area contributed by atoms with Crippen LogP contribution in [-0.4, -0.2) is 45.4 Å². The van der Waals surface area contributed by atoms with Gasteiger partial charge in [-0.15, -0.1) is 0 Å². The van der Waals surface area contributed by atoms with Crippen LogP contribution in [0, 0.1) is 23.2 Å². The summed E-state index contributed by atoms with van der Waals surface area (Å²) in [6.07, 6.45) is 7.36. The van der Waals surface area contributed by atoms with Crippen LogP contribution in [0.25, 0.3) is 0 Å².